The molecule has 2 amide bonds. The Morgan fingerprint density at radius 2 is 0.860 bits per heavy atom. The van der Waals surface area contributed by atoms with Gasteiger partial charge in [0.25, 0.3) is 0 Å². The highest BCUT2D eigenvalue weighted by Crippen LogP contribution is 2.60. The average Bonchev–Trinajstić information content (AvgIpc) is 3.12. The molecule has 4 aromatic carbocycles. The fourth-order valence-electron chi connectivity index (χ4n) is 6.70. The zero-order chi connectivity index (χ0) is 35.7. The molecule has 0 aromatic heterocycles. The summed E-state index contributed by atoms with van der Waals surface area (Å²) in [4.78, 5) is 59.7. The first-order valence-electron chi connectivity index (χ1n) is 16.8. The molecule has 260 valence electrons. The van der Waals surface area contributed by atoms with E-state index in [1.54, 1.807) is 109 Å². The number of nitrogens with zero attached hydrogens (tertiary/aromatic N) is 2. The minimum absolute atomic E-state index is 0.0343. The highest BCUT2D eigenvalue weighted by atomic mass is 16.5. The lowest BCUT2D eigenvalue weighted by Crippen LogP contribution is -2.72. The lowest BCUT2D eigenvalue weighted by molar-refractivity contribution is -0.211. The van der Waals surface area contributed by atoms with E-state index in [4.69, 9.17) is 9.47 Å². The Bertz CT molecular complexity index is 1620. The van der Waals surface area contributed by atoms with Crippen LogP contribution in [0.15, 0.2) is 121 Å². The molecule has 0 bridgehead atoms. The summed E-state index contributed by atoms with van der Waals surface area (Å²) in [7, 11) is 0. The maximum absolute atomic E-state index is 15.0. The van der Waals surface area contributed by atoms with Crippen LogP contribution >= 0.6 is 0 Å². The van der Waals surface area contributed by atoms with Crippen LogP contribution in [-0.4, -0.2) is 56.9 Å². The fraction of sp³-hybridized carbons (Fsp3) is 0.300. The van der Waals surface area contributed by atoms with E-state index in [1.165, 1.54) is 9.80 Å². The van der Waals surface area contributed by atoms with Crippen molar-refractivity contribution in [2.75, 3.05) is 13.1 Å². The molecule has 10 heteroatoms. The summed E-state index contributed by atoms with van der Waals surface area (Å²) in [6.07, 6.45) is -2.15. The second-order valence-corrected chi connectivity index (χ2v) is 12.3. The number of carbonyl (C=O) groups excluding carboxylic acids is 2. The standard InChI is InChI=1S/C40H42N2O8/c1-3-27-41(33(29-17-9-5-10-18-29)49-31-21-13-7-14-22-31)35(43)39(37(45)46)25-26-40(39,38(47)48)36(44)42(28-4-2)34(30-19-11-6-12-20-30)50-32-23-15-8-16-24-32/h5-24,33-34H,3-4,25-28H2,1-2H3,(H,45,46)(H,47,48). The monoisotopic (exact) mass is 678 g/mol. The van der Waals surface area contributed by atoms with Gasteiger partial charge < -0.3 is 29.5 Å². The Balaban J connectivity index is 1.64. The Labute approximate surface area is 291 Å². The molecule has 4 aromatic rings. The van der Waals surface area contributed by atoms with Gasteiger partial charge in [0.15, 0.2) is 10.8 Å². The van der Waals surface area contributed by atoms with E-state index in [0.29, 0.717) is 35.5 Å². The smallest absolute Gasteiger partial charge is 0.320 e. The van der Waals surface area contributed by atoms with Crippen LogP contribution in [0.4, 0.5) is 0 Å². The molecule has 0 radical (unpaired) electrons. The number of carboxylic acids is 2. The Morgan fingerprint density at radius 1 is 0.560 bits per heavy atom. The predicted octanol–water partition coefficient (Wildman–Crippen LogP) is 6.96. The first-order valence-corrected chi connectivity index (χ1v) is 16.8. The molecular weight excluding hydrogens is 636 g/mol. The number of hydrogen-bond donors (Lipinski definition) is 2. The van der Waals surface area contributed by atoms with Crippen LogP contribution in [0.1, 0.15) is 63.1 Å². The number of para-hydroxylation sites is 2. The first-order chi connectivity index (χ1) is 24.2. The van der Waals surface area contributed by atoms with Crippen molar-refractivity contribution in [3.63, 3.8) is 0 Å². The van der Waals surface area contributed by atoms with Crippen LogP contribution < -0.4 is 9.47 Å². The van der Waals surface area contributed by atoms with Crippen molar-refractivity contribution in [2.24, 2.45) is 10.8 Å². The van der Waals surface area contributed by atoms with Crippen LogP contribution in [0.3, 0.4) is 0 Å². The van der Waals surface area contributed by atoms with Gasteiger partial charge in [0.1, 0.15) is 11.5 Å². The molecule has 4 unspecified atom stereocenters. The predicted molar refractivity (Wildman–Crippen MR) is 186 cm³/mol. The Morgan fingerprint density at radius 3 is 1.12 bits per heavy atom. The van der Waals surface area contributed by atoms with Crippen LogP contribution in [0.5, 0.6) is 11.5 Å². The van der Waals surface area contributed by atoms with Crippen LogP contribution in [0.25, 0.3) is 0 Å². The van der Waals surface area contributed by atoms with Gasteiger partial charge in [-0.05, 0) is 49.9 Å². The second-order valence-electron chi connectivity index (χ2n) is 12.3. The number of amides is 2. The van der Waals surface area contributed by atoms with Gasteiger partial charge in [-0.15, -0.1) is 0 Å². The van der Waals surface area contributed by atoms with Crippen molar-refractivity contribution in [1.82, 2.24) is 9.80 Å². The number of carbonyl (C=O) groups is 4. The van der Waals surface area contributed by atoms with E-state index in [9.17, 15) is 19.8 Å². The minimum atomic E-state index is -2.64. The van der Waals surface area contributed by atoms with Gasteiger partial charge in [0.2, 0.25) is 24.3 Å². The highest BCUT2D eigenvalue weighted by molar-refractivity contribution is 6.18. The van der Waals surface area contributed by atoms with E-state index in [-0.39, 0.29) is 25.9 Å². The molecule has 1 saturated carbocycles. The van der Waals surface area contributed by atoms with E-state index in [2.05, 4.69) is 0 Å². The molecule has 1 aliphatic rings. The number of aliphatic carboxylic acids is 2. The average molecular weight is 679 g/mol. The van der Waals surface area contributed by atoms with Gasteiger partial charge in [-0.1, -0.05) is 111 Å². The summed E-state index contributed by atoms with van der Waals surface area (Å²) in [5.41, 5.74) is -4.17. The molecule has 0 spiro atoms. The van der Waals surface area contributed by atoms with Gasteiger partial charge in [-0.25, -0.2) is 0 Å². The van der Waals surface area contributed by atoms with Gasteiger partial charge in [-0.3, -0.25) is 19.2 Å². The van der Waals surface area contributed by atoms with Gasteiger partial charge in [0.05, 0.1) is 0 Å². The number of carboxylic acid groups (broad SMARTS) is 2. The molecule has 10 nitrogen and oxygen atoms in total. The normalized spacial score (nSPS) is 19.2. The number of rotatable bonds is 16. The van der Waals surface area contributed by atoms with E-state index in [0.717, 1.165) is 0 Å². The molecular formula is C40H42N2O8. The van der Waals surface area contributed by atoms with Gasteiger partial charge >= 0.3 is 11.9 Å². The number of ether oxygens (including phenoxy) is 2. The third-order valence-electron chi connectivity index (χ3n) is 9.23. The van der Waals surface area contributed by atoms with Crippen molar-refractivity contribution < 1.29 is 38.9 Å². The van der Waals surface area contributed by atoms with Crippen LogP contribution in [0.2, 0.25) is 0 Å². The summed E-state index contributed by atoms with van der Waals surface area (Å²) < 4.78 is 12.7. The van der Waals surface area contributed by atoms with Gasteiger partial charge in [-0.2, -0.15) is 0 Å². The summed E-state index contributed by atoms with van der Waals surface area (Å²) in [6, 6.07) is 35.2. The minimum Gasteiger partial charge on any atom is -0.480 e. The lowest BCUT2D eigenvalue weighted by Gasteiger charge is -2.54. The van der Waals surface area contributed by atoms with E-state index >= 15 is 9.59 Å². The lowest BCUT2D eigenvalue weighted by atomic mass is 9.47. The Hall–Kier alpha value is -5.64. The number of hydrogen-bond acceptors (Lipinski definition) is 6. The second kappa shape index (κ2) is 15.7. The summed E-state index contributed by atoms with van der Waals surface area (Å²) >= 11 is 0. The van der Waals surface area contributed by atoms with Crippen molar-refractivity contribution in [1.29, 1.82) is 0 Å². The molecule has 4 atom stereocenters. The topological polar surface area (TPSA) is 134 Å². The Kier molecular flexibility index (Phi) is 11.2. The largest absolute Gasteiger partial charge is 0.480 e. The SMILES string of the molecule is CCCN(C(=O)C1(C(=O)O)CCC1(C(=O)O)C(=O)N(CCC)C(Oc1ccccc1)c1ccccc1)C(Oc1ccccc1)c1ccccc1. The third kappa shape index (κ3) is 6.65. The zero-order valence-corrected chi connectivity index (χ0v) is 28.2. The number of benzene rings is 4. The van der Waals surface area contributed by atoms with Crippen LogP contribution in [-0.2, 0) is 19.2 Å². The fourth-order valence-corrected chi connectivity index (χ4v) is 6.70. The molecule has 50 heavy (non-hydrogen) atoms. The maximum Gasteiger partial charge on any atom is 0.320 e. The van der Waals surface area contributed by atoms with Crippen LogP contribution in [0, 0.1) is 10.8 Å². The molecule has 1 fully saturated rings. The molecule has 0 heterocycles. The molecule has 1 aliphatic carbocycles. The summed E-state index contributed by atoms with van der Waals surface area (Å²) in [5.74, 6) is -4.54. The molecule has 0 aliphatic heterocycles. The van der Waals surface area contributed by atoms with Crippen molar-refractivity contribution in [3.05, 3.63) is 132 Å². The van der Waals surface area contributed by atoms with Crippen molar-refractivity contribution in [3.8, 4) is 11.5 Å². The van der Waals surface area contributed by atoms with Crippen molar-refractivity contribution >= 4 is 23.8 Å². The van der Waals surface area contributed by atoms with E-state index in [1.807, 2.05) is 26.0 Å². The maximum atomic E-state index is 15.0. The van der Waals surface area contributed by atoms with Gasteiger partial charge in [0, 0.05) is 24.2 Å². The quantitative estimate of drug-likeness (QED) is 0.0961. The third-order valence-corrected chi connectivity index (χ3v) is 9.23. The van der Waals surface area contributed by atoms with E-state index < -0.39 is 47.0 Å². The highest BCUT2D eigenvalue weighted by Gasteiger charge is 2.78. The molecule has 2 N–H and O–H groups in total. The summed E-state index contributed by atoms with van der Waals surface area (Å²) in [6.45, 7) is 3.71. The summed E-state index contributed by atoms with van der Waals surface area (Å²) in [5, 5.41) is 22.0. The first kappa shape index (κ1) is 35.7. The zero-order valence-electron chi connectivity index (χ0n) is 28.2. The molecule has 0 saturated heterocycles. The van der Waals surface area contributed by atoms with Crippen molar-refractivity contribution in [2.45, 2.75) is 52.0 Å². The molecule has 5 rings (SSSR count).